The van der Waals surface area contributed by atoms with Gasteiger partial charge in [-0.2, -0.15) is 0 Å². The second-order valence-corrected chi connectivity index (χ2v) is 6.40. The number of carbonyl (C=O) groups is 1. The Morgan fingerprint density at radius 1 is 1.39 bits per heavy atom. The molecular weight excluding hydrogens is 275 g/mol. The number of carbonyl (C=O) groups excluding carboxylic acids is 1. The lowest BCUT2D eigenvalue weighted by Crippen LogP contribution is -2.12. The zero-order chi connectivity index (χ0) is 13.6. The largest absolute Gasteiger partial charge is 0.444 e. The molecule has 7 heteroatoms. The summed E-state index contributed by atoms with van der Waals surface area (Å²) in [7, 11) is -3.50. The lowest BCUT2D eigenvalue weighted by molar-refractivity contribution is -0.143. The molecule has 0 amide bonds. The van der Waals surface area contributed by atoms with Gasteiger partial charge in [-0.1, -0.05) is 6.07 Å². The number of hydrogen-bond acceptors (Lipinski definition) is 6. The van der Waals surface area contributed by atoms with Gasteiger partial charge in [0.05, 0.1) is 18.1 Å². The van der Waals surface area contributed by atoms with Crippen molar-refractivity contribution in [2.45, 2.75) is 26.6 Å². The molecule has 1 heterocycles. The highest BCUT2D eigenvalue weighted by molar-refractivity contribution is 7.54. The van der Waals surface area contributed by atoms with E-state index in [-0.39, 0.29) is 13.2 Å². The maximum absolute atomic E-state index is 12.6. The molecule has 1 rings (SSSR count). The maximum atomic E-state index is 12.6. The lowest BCUT2D eigenvalue weighted by atomic mass is 10.5. The molecule has 0 aliphatic rings. The van der Waals surface area contributed by atoms with Crippen molar-refractivity contribution in [2.75, 3.05) is 13.2 Å². The molecule has 0 N–H and O–H groups in total. The molecule has 0 saturated carbocycles. The number of hydrogen-bond donors (Lipinski definition) is 0. The highest BCUT2D eigenvalue weighted by Gasteiger charge is 2.40. The van der Waals surface area contributed by atoms with Crippen molar-refractivity contribution in [3.05, 3.63) is 22.4 Å². The van der Waals surface area contributed by atoms with Crippen LogP contribution in [-0.4, -0.2) is 19.2 Å². The predicted molar refractivity (Wildman–Crippen MR) is 69.7 cm³/mol. The maximum Gasteiger partial charge on any atom is 0.376 e. The molecule has 0 fully saturated rings. The molecule has 0 aromatic carbocycles. The van der Waals surface area contributed by atoms with E-state index in [0.717, 1.165) is 0 Å². The fourth-order valence-electron chi connectivity index (χ4n) is 1.40. The molecular formula is C11H17O5PS. The van der Waals surface area contributed by atoms with Crippen LogP contribution < -0.4 is 0 Å². The van der Waals surface area contributed by atoms with E-state index in [1.165, 1.54) is 18.3 Å². The van der Waals surface area contributed by atoms with Gasteiger partial charge in [-0.3, -0.25) is 9.36 Å². The summed E-state index contributed by atoms with van der Waals surface area (Å²) in [6.07, 6.45) is 0. The van der Waals surface area contributed by atoms with Gasteiger partial charge < -0.3 is 13.8 Å². The zero-order valence-corrected chi connectivity index (χ0v) is 12.3. The van der Waals surface area contributed by atoms with E-state index < -0.39 is 19.4 Å². The molecule has 5 nitrogen and oxygen atoms in total. The van der Waals surface area contributed by atoms with E-state index >= 15 is 0 Å². The Morgan fingerprint density at radius 2 is 2.00 bits per heavy atom. The van der Waals surface area contributed by atoms with Crippen LogP contribution >= 0.6 is 18.9 Å². The van der Waals surface area contributed by atoms with E-state index in [0.29, 0.717) is 4.88 Å². The van der Waals surface area contributed by atoms with Crippen molar-refractivity contribution in [3.63, 3.8) is 0 Å². The molecule has 0 saturated heterocycles. The third kappa shape index (κ3) is 3.92. The molecule has 0 radical (unpaired) electrons. The van der Waals surface area contributed by atoms with Gasteiger partial charge in [-0.25, -0.2) is 0 Å². The third-order valence-corrected chi connectivity index (χ3v) is 5.25. The molecule has 0 spiro atoms. The van der Waals surface area contributed by atoms with Crippen molar-refractivity contribution in [1.29, 1.82) is 0 Å². The topological polar surface area (TPSA) is 61.8 Å². The summed E-state index contributed by atoms with van der Waals surface area (Å²) >= 11 is 1.34. The van der Waals surface area contributed by atoms with Crippen molar-refractivity contribution in [3.8, 4) is 0 Å². The summed E-state index contributed by atoms with van der Waals surface area (Å²) in [5.74, 6) is -1.51. The van der Waals surface area contributed by atoms with Crippen LogP contribution in [0.25, 0.3) is 0 Å². The second kappa shape index (κ2) is 7.04. The van der Waals surface area contributed by atoms with E-state index in [4.69, 9.17) is 13.8 Å². The summed E-state index contributed by atoms with van der Waals surface area (Å²) in [5, 5.41) is 1.81. The van der Waals surface area contributed by atoms with Crippen molar-refractivity contribution in [2.24, 2.45) is 0 Å². The number of thiophene rings is 1. The number of ether oxygens (including phenoxy) is 1. The van der Waals surface area contributed by atoms with Crippen LogP contribution in [0.15, 0.2) is 17.5 Å². The van der Waals surface area contributed by atoms with Gasteiger partial charge in [0, 0.05) is 6.92 Å². The summed E-state index contributed by atoms with van der Waals surface area (Å²) in [6.45, 7) is 5.14. The van der Waals surface area contributed by atoms with Crippen LogP contribution in [0.1, 0.15) is 31.5 Å². The first-order valence-corrected chi connectivity index (χ1v) is 8.12. The Bertz CT molecular complexity index is 407. The first kappa shape index (κ1) is 15.4. The molecule has 0 bridgehead atoms. The Kier molecular flexibility index (Phi) is 6.02. The molecule has 0 aliphatic carbocycles. The highest BCUT2D eigenvalue weighted by atomic mass is 32.1. The third-order valence-electron chi connectivity index (χ3n) is 1.97. The van der Waals surface area contributed by atoms with Crippen LogP contribution in [-0.2, 0) is 23.1 Å². The average molecular weight is 292 g/mol. The molecule has 0 aliphatic heterocycles. The van der Waals surface area contributed by atoms with E-state index in [1.54, 1.807) is 26.0 Å². The average Bonchev–Trinajstić information content (AvgIpc) is 2.79. The Labute approximate surface area is 111 Å². The van der Waals surface area contributed by atoms with Gasteiger partial charge in [0.2, 0.25) is 5.85 Å². The molecule has 0 unspecified atom stereocenters. The number of rotatable bonds is 7. The minimum atomic E-state index is -3.50. The summed E-state index contributed by atoms with van der Waals surface area (Å²) in [4.78, 5) is 11.8. The van der Waals surface area contributed by atoms with Crippen molar-refractivity contribution in [1.82, 2.24) is 0 Å². The monoisotopic (exact) mass is 292 g/mol. The van der Waals surface area contributed by atoms with Crippen molar-refractivity contribution >= 4 is 24.9 Å². The van der Waals surface area contributed by atoms with Gasteiger partial charge in [-0.05, 0) is 25.3 Å². The van der Waals surface area contributed by atoms with Gasteiger partial charge in [0.25, 0.3) is 0 Å². The van der Waals surface area contributed by atoms with E-state index in [9.17, 15) is 9.36 Å². The SMILES string of the molecule is CCOP(=O)(OCC)[C@@H](OC(C)=O)c1cccs1. The normalized spacial score (nSPS) is 13.3. The zero-order valence-electron chi connectivity index (χ0n) is 10.6. The molecule has 1 aromatic rings. The van der Waals surface area contributed by atoms with Crippen LogP contribution in [0.4, 0.5) is 0 Å². The first-order valence-electron chi connectivity index (χ1n) is 5.63. The van der Waals surface area contributed by atoms with E-state index in [1.807, 2.05) is 5.38 Å². The first-order chi connectivity index (χ1) is 8.53. The lowest BCUT2D eigenvalue weighted by Gasteiger charge is -2.24. The number of esters is 1. The minimum Gasteiger partial charge on any atom is -0.444 e. The summed E-state index contributed by atoms with van der Waals surface area (Å²) < 4.78 is 28.2. The predicted octanol–water partition coefficient (Wildman–Crippen LogP) is 3.58. The fourth-order valence-corrected chi connectivity index (χ4v) is 4.35. The quantitative estimate of drug-likeness (QED) is 0.568. The molecule has 18 heavy (non-hydrogen) atoms. The van der Waals surface area contributed by atoms with Gasteiger partial charge in [0.15, 0.2) is 0 Å². The van der Waals surface area contributed by atoms with Crippen LogP contribution in [0.3, 0.4) is 0 Å². The van der Waals surface area contributed by atoms with E-state index in [2.05, 4.69) is 0 Å². The van der Waals surface area contributed by atoms with Gasteiger partial charge in [-0.15, -0.1) is 11.3 Å². The Hall–Kier alpha value is -0.680. The fraction of sp³-hybridized carbons (Fsp3) is 0.545. The standard InChI is InChI=1S/C11H17O5PS/c1-4-14-17(13,15-5-2)11(16-9(3)12)10-7-6-8-18-10/h6-8,11H,4-5H2,1-3H3/t11-/m1/s1. The van der Waals surface area contributed by atoms with Gasteiger partial charge >= 0.3 is 13.6 Å². The van der Waals surface area contributed by atoms with Crippen LogP contribution in [0.5, 0.6) is 0 Å². The highest BCUT2D eigenvalue weighted by Crippen LogP contribution is 2.62. The summed E-state index contributed by atoms with van der Waals surface area (Å²) in [5.41, 5.74) is 0. The Balaban J connectivity index is 3.06. The minimum absolute atomic E-state index is 0.223. The molecule has 1 atom stereocenters. The van der Waals surface area contributed by atoms with Crippen molar-refractivity contribution < 1.29 is 23.1 Å². The Morgan fingerprint density at radius 3 is 2.39 bits per heavy atom. The van der Waals surface area contributed by atoms with Crippen LogP contribution in [0.2, 0.25) is 0 Å². The molecule has 1 aromatic heterocycles. The smallest absolute Gasteiger partial charge is 0.376 e. The van der Waals surface area contributed by atoms with Crippen LogP contribution in [0, 0.1) is 0 Å². The molecule has 102 valence electrons. The van der Waals surface area contributed by atoms with Gasteiger partial charge in [0.1, 0.15) is 0 Å². The summed E-state index contributed by atoms with van der Waals surface area (Å²) in [6, 6.07) is 3.53. The second-order valence-electron chi connectivity index (χ2n) is 3.35.